The van der Waals surface area contributed by atoms with E-state index in [9.17, 15) is 73.8 Å². The number of aliphatic hydroxyl groups is 2. The van der Waals surface area contributed by atoms with Crippen molar-refractivity contribution in [2.45, 2.75) is 103 Å². The standard InChI is InChI=1S/C47H56Cl4N4O11S2.C23H30Cl2N2O4S.C11H10N2O9/c1-54-26-39(37-22-33(48)24-43(50)41(37)28-54)31-4-8-35(9-5-31)67(59,60)21-3-14-63-17-18-64-15-12-52-46(57)45(56)47(58)53-13-16-65-19-20-66-30-68(61,62)36-10-6-32(7-11-36)40-27-55(2)29-42-38(40)23-34(49)25-44(42)51;1-27-15-21(20-13-18(24)14-23(25)22(20)16-27)17-3-5-19(6-4-17)32(28,29)12-2-8-30-10-11-31-9-7-26;14-5-1-2-6(15)12(5)21-10(19)9(18)11(20)22-13-7(16)3-4-8(13)17/h4-11,22-25,39-40,45,56H,3,12-21,26-30H2,1-2H3,(H,52,57)(H,53,58);3-6,13-14,21H,2,7-12,15-16,26H2,1H3;9,18H,1-4H2. The number of likely N-dealkylation sites (N-methyl/N-ethyl adjacent to an activating group) is 3. The number of amides is 6. The normalized spacial score (nSPS) is 17.2. The molecule has 6 aromatic rings. The second-order valence-corrected chi connectivity index (χ2v) is 37.7. The first kappa shape index (κ1) is 98.4. The number of imide groups is 2. The molecule has 5 aliphatic rings. The molecule has 0 spiro atoms. The minimum atomic E-state index is -3.75. The van der Waals surface area contributed by atoms with Gasteiger partial charge in [-0.25, -0.2) is 34.8 Å². The van der Waals surface area contributed by atoms with Crippen molar-refractivity contribution in [1.82, 2.24) is 35.5 Å². The summed E-state index contributed by atoms with van der Waals surface area (Å²) in [7, 11) is -4.59. The lowest BCUT2D eigenvalue weighted by atomic mass is 9.85. The van der Waals surface area contributed by atoms with Crippen LogP contribution in [0.3, 0.4) is 0 Å². The van der Waals surface area contributed by atoms with Crippen LogP contribution in [0.5, 0.6) is 0 Å². The third-order valence-corrected chi connectivity index (χ3v) is 26.6. The lowest BCUT2D eigenvalue weighted by molar-refractivity contribution is -0.215. The Kier molecular flexibility index (Phi) is 37.7. The summed E-state index contributed by atoms with van der Waals surface area (Å²) in [5.74, 6) is -8.89. The van der Waals surface area contributed by atoms with Gasteiger partial charge in [-0.1, -0.05) is 106 Å². The predicted molar refractivity (Wildman–Crippen MR) is 450 cm³/mol. The highest BCUT2D eigenvalue weighted by atomic mass is 35.5. The molecule has 6 amide bonds. The van der Waals surface area contributed by atoms with Gasteiger partial charge in [0, 0.05) is 146 Å². The van der Waals surface area contributed by atoms with Gasteiger partial charge < -0.3 is 79.4 Å². The van der Waals surface area contributed by atoms with Crippen LogP contribution in [0.4, 0.5) is 0 Å². The summed E-state index contributed by atoms with van der Waals surface area (Å²) in [5.41, 5.74) is 14.5. The molecule has 6 N–H and O–H groups in total. The van der Waals surface area contributed by atoms with Crippen molar-refractivity contribution >= 4 is 146 Å². The van der Waals surface area contributed by atoms with Crippen LogP contribution in [-0.2, 0) is 126 Å². The molecular weight excluding hydrogens is 1780 g/mol. The Bertz CT molecular complexity index is 4970. The Morgan fingerprint density at radius 2 is 0.713 bits per heavy atom. The number of sulfone groups is 3. The van der Waals surface area contributed by atoms with E-state index in [1.165, 1.54) is 0 Å². The molecule has 5 heterocycles. The molecule has 0 saturated carbocycles. The summed E-state index contributed by atoms with van der Waals surface area (Å²) in [6, 6.07) is 31.8. The highest BCUT2D eigenvalue weighted by Crippen LogP contribution is 2.42. The zero-order valence-electron chi connectivity index (χ0n) is 67.0. The van der Waals surface area contributed by atoms with E-state index in [1.54, 1.807) is 66.7 Å². The fraction of sp³-hybridized carbons (Fsp3) is 0.457. The van der Waals surface area contributed by atoms with Crippen LogP contribution in [0.1, 0.15) is 106 Å². The van der Waals surface area contributed by atoms with Crippen molar-refractivity contribution in [1.29, 1.82) is 0 Å². The number of nitrogens with two attached hydrogens (primary N) is 1. The largest absolute Gasteiger partial charge is 0.379 e. The van der Waals surface area contributed by atoms with Crippen molar-refractivity contribution in [3.63, 3.8) is 0 Å². The van der Waals surface area contributed by atoms with Gasteiger partial charge in [0.2, 0.25) is 15.9 Å². The average Bonchev–Trinajstić information content (AvgIpc) is 1.02. The molecule has 11 rings (SSSR count). The maximum absolute atomic E-state index is 13.0. The second-order valence-electron chi connectivity index (χ2n) is 29.0. The fourth-order valence-corrected chi connectivity index (χ4v) is 19.0. The molecule has 41 heteroatoms. The molecule has 5 aliphatic heterocycles. The smallest absolute Gasteiger partial charge is 0.373 e. The second kappa shape index (κ2) is 46.7. The summed E-state index contributed by atoms with van der Waals surface area (Å²) in [4.78, 5) is 108. The zero-order valence-corrected chi connectivity index (χ0v) is 74.0. The van der Waals surface area contributed by atoms with E-state index in [2.05, 4.69) is 35.0 Å². The number of nitrogens with one attached hydrogen (secondary N) is 2. The van der Waals surface area contributed by atoms with Crippen LogP contribution in [0.25, 0.3) is 0 Å². The molecule has 6 aromatic carbocycles. The Morgan fingerprint density at radius 1 is 0.418 bits per heavy atom. The van der Waals surface area contributed by atoms with E-state index in [4.69, 9.17) is 104 Å². The SMILES string of the molecule is CN1Cc2c(Cl)cc(Cl)cc2C(c2ccc(S(=O)(=O)CCCOCCOCCN)cc2)C1.CN1Cc2c(Cl)cc(Cl)cc2C(c2ccc(S(=O)(=O)CCCOCCOCCNC(=O)C(O)C(=O)NCCOCCOCS(=O)(=O)c3ccc(C4CN(C)Cc5c(Cl)cc(Cl)cc54)cc3)cc2)C1.O=C(ON1C(=O)CCC1=O)C(O)C(=O)ON1C(=O)CCC1=O. The van der Waals surface area contributed by atoms with Gasteiger partial charge in [-0.3, -0.25) is 28.8 Å². The van der Waals surface area contributed by atoms with Crippen molar-refractivity contribution in [3.05, 3.63) is 189 Å². The molecule has 32 nitrogen and oxygen atoms in total. The van der Waals surface area contributed by atoms with E-state index in [1.807, 2.05) is 63.6 Å². The molecule has 122 heavy (non-hydrogen) atoms. The first-order chi connectivity index (χ1) is 58.0. The van der Waals surface area contributed by atoms with E-state index in [0.717, 1.165) is 76.3 Å². The first-order valence-corrected chi connectivity index (χ1v) is 46.0. The van der Waals surface area contributed by atoms with Crippen molar-refractivity contribution in [2.75, 3.05) is 151 Å². The summed E-state index contributed by atoms with van der Waals surface area (Å²) in [6.07, 6.45) is -4.42. The minimum Gasteiger partial charge on any atom is -0.379 e. The lowest BCUT2D eigenvalue weighted by Gasteiger charge is -2.33. The molecule has 664 valence electrons. The average molecular weight is 1870 g/mol. The number of carbonyl (C=O) groups excluding carboxylic acids is 8. The number of halogens is 6. The molecule has 4 atom stereocenters. The van der Waals surface area contributed by atoms with Crippen LogP contribution in [0, 0.1) is 0 Å². The van der Waals surface area contributed by atoms with Crippen LogP contribution in [-0.4, -0.2) is 270 Å². The predicted octanol–water partition coefficient (Wildman–Crippen LogP) is 7.00. The summed E-state index contributed by atoms with van der Waals surface area (Å²) in [6.45, 7) is 7.37. The Morgan fingerprint density at radius 3 is 1.03 bits per heavy atom. The van der Waals surface area contributed by atoms with Gasteiger partial charge in [0.1, 0.15) is 0 Å². The third kappa shape index (κ3) is 28.0. The molecule has 0 bridgehead atoms. The lowest BCUT2D eigenvalue weighted by Crippen LogP contribution is -2.47. The molecule has 0 radical (unpaired) electrons. The van der Waals surface area contributed by atoms with Gasteiger partial charge in [0.05, 0.1) is 85.7 Å². The quantitative estimate of drug-likeness (QED) is 0.0147. The topological polar surface area (TPSA) is 420 Å². The van der Waals surface area contributed by atoms with Crippen molar-refractivity contribution in [3.8, 4) is 0 Å². The molecule has 4 unspecified atom stereocenters. The van der Waals surface area contributed by atoms with E-state index >= 15 is 0 Å². The summed E-state index contributed by atoms with van der Waals surface area (Å²) in [5, 5.41) is 28.2. The third-order valence-electron chi connectivity index (χ3n) is 19.8. The number of aliphatic hydroxyl groups excluding tert-OH is 2. The number of carbonyl (C=O) groups is 8. The van der Waals surface area contributed by atoms with Crippen LogP contribution in [0.15, 0.2) is 124 Å². The van der Waals surface area contributed by atoms with Crippen molar-refractivity contribution < 1.29 is 112 Å². The highest BCUT2D eigenvalue weighted by molar-refractivity contribution is 7.92. The van der Waals surface area contributed by atoms with Crippen molar-refractivity contribution in [2.24, 2.45) is 5.73 Å². The Balaban J connectivity index is 0.000000255. The fourth-order valence-electron chi connectivity index (χ4n) is 13.7. The maximum Gasteiger partial charge on any atom is 0.373 e. The molecule has 2 saturated heterocycles. The van der Waals surface area contributed by atoms with Gasteiger partial charge in [0.15, 0.2) is 25.6 Å². The number of hydroxylamine groups is 4. The van der Waals surface area contributed by atoms with E-state index < -0.39 is 95.0 Å². The molecule has 0 aromatic heterocycles. The minimum absolute atomic E-state index is 0.00101. The molecule has 0 aliphatic carbocycles. The number of fused-ring (bicyclic) bond motifs is 3. The number of hydrogen-bond donors (Lipinski definition) is 5. The van der Waals surface area contributed by atoms with Gasteiger partial charge in [-0.2, -0.15) is 0 Å². The zero-order chi connectivity index (χ0) is 88.6. The Labute approximate surface area is 737 Å². The molecule has 2 fully saturated rings. The van der Waals surface area contributed by atoms with E-state index in [-0.39, 0.29) is 141 Å². The van der Waals surface area contributed by atoms with Gasteiger partial charge >= 0.3 is 11.9 Å². The van der Waals surface area contributed by atoms with Crippen LogP contribution >= 0.6 is 69.6 Å². The highest BCUT2D eigenvalue weighted by Gasteiger charge is 2.41. The number of ether oxygens (including phenoxy) is 6. The maximum atomic E-state index is 13.0. The monoisotopic (exact) mass is 1870 g/mol. The van der Waals surface area contributed by atoms with Crippen LogP contribution in [0.2, 0.25) is 30.1 Å². The van der Waals surface area contributed by atoms with E-state index in [0.29, 0.717) is 87.5 Å². The number of benzene rings is 6. The van der Waals surface area contributed by atoms with Gasteiger partial charge in [0.25, 0.3) is 41.5 Å². The molecular formula is C81H96Cl6N8O24S3. The first-order valence-electron chi connectivity index (χ1n) is 38.8. The van der Waals surface area contributed by atoms with Crippen LogP contribution < -0.4 is 16.4 Å². The van der Waals surface area contributed by atoms with Gasteiger partial charge in [-0.15, -0.1) is 10.1 Å². The van der Waals surface area contributed by atoms with Gasteiger partial charge in [-0.05, 0) is 157 Å². The summed E-state index contributed by atoms with van der Waals surface area (Å²) >= 11 is 38.3. The summed E-state index contributed by atoms with van der Waals surface area (Å²) < 4.78 is 110. The number of nitrogens with zero attached hydrogens (tertiary/aromatic N) is 5. The number of rotatable bonds is 39. The Hall–Kier alpha value is -7.41. The number of hydrogen-bond acceptors (Lipinski definition) is 28.